The molecule has 1 atom stereocenters. The van der Waals surface area contributed by atoms with Crippen molar-refractivity contribution in [1.82, 2.24) is 5.32 Å². The van der Waals surface area contributed by atoms with E-state index in [-0.39, 0.29) is 0 Å². The maximum Gasteiger partial charge on any atom is 0.0314 e. The van der Waals surface area contributed by atoms with Crippen LogP contribution in [0.4, 0.5) is 0 Å². The summed E-state index contributed by atoms with van der Waals surface area (Å²) >= 11 is 5.35. The standard InChI is InChI=1S/C12H20BrNS/c1-4-14-12(9(2)3)6-5-10-7-15-8-11(10)13/h7-9,12,14H,4-6H2,1-3H3. The quantitative estimate of drug-likeness (QED) is 0.832. The molecule has 0 spiro atoms. The zero-order valence-corrected chi connectivity index (χ0v) is 12.1. The molecule has 1 heterocycles. The van der Waals surface area contributed by atoms with Gasteiger partial charge in [-0.15, -0.1) is 0 Å². The maximum absolute atomic E-state index is 3.58. The van der Waals surface area contributed by atoms with Gasteiger partial charge in [0.25, 0.3) is 0 Å². The molecule has 1 rings (SSSR count). The van der Waals surface area contributed by atoms with Crippen molar-refractivity contribution in [2.24, 2.45) is 5.92 Å². The Hall–Kier alpha value is 0.140. The maximum atomic E-state index is 3.58. The average molecular weight is 290 g/mol. The van der Waals surface area contributed by atoms with Gasteiger partial charge in [0.1, 0.15) is 0 Å². The topological polar surface area (TPSA) is 12.0 Å². The van der Waals surface area contributed by atoms with Crippen LogP contribution in [-0.4, -0.2) is 12.6 Å². The average Bonchev–Trinajstić information content (AvgIpc) is 2.58. The summed E-state index contributed by atoms with van der Waals surface area (Å²) in [5.41, 5.74) is 1.45. The van der Waals surface area contributed by atoms with Crippen molar-refractivity contribution in [3.05, 3.63) is 20.8 Å². The summed E-state index contributed by atoms with van der Waals surface area (Å²) in [4.78, 5) is 0. The molecule has 0 saturated carbocycles. The third-order valence-corrected chi connectivity index (χ3v) is 4.52. The van der Waals surface area contributed by atoms with Gasteiger partial charge in [-0.05, 0) is 52.2 Å². The van der Waals surface area contributed by atoms with Gasteiger partial charge in [-0.2, -0.15) is 11.3 Å². The Bertz CT molecular complexity index is 283. The van der Waals surface area contributed by atoms with Gasteiger partial charge in [-0.1, -0.05) is 20.8 Å². The lowest BCUT2D eigenvalue weighted by Gasteiger charge is -2.21. The van der Waals surface area contributed by atoms with Crippen LogP contribution in [-0.2, 0) is 6.42 Å². The van der Waals surface area contributed by atoms with Crippen molar-refractivity contribution >= 4 is 27.3 Å². The van der Waals surface area contributed by atoms with Gasteiger partial charge in [0, 0.05) is 15.9 Å². The molecule has 0 aromatic carbocycles. The summed E-state index contributed by atoms with van der Waals surface area (Å²) in [5.74, 6) is 0.711. The van der Waals surface area contributed by atoms with Crippen LogP contribution in [0.1, 0.15) is 32.8 Å². The fourth-order valence-corrected chi connectivity index (χ4v) is 3.27. The van der Waals surface area contributed by atoms with Gasteiger partial charge in [-0.25, -0.2) is 0 Å². The Morgan fingerprint density at radius 2 is 2.13 bits per heavy atom. The Morgan fingerprint density at radius 1 is 1.40 bits per heavy atom. The summed E-state index contributed by atoms with van der Waals surface area (Å²) in [6.45, 7) is 7.82. The normalized spacial score (nSPS) is 13.4. The van der Waals surface area contributed by atoms with Gasteiger partial charge in [0.2, 0.25) is 0 Å². The summed E-state index contributed by atoms with van der Waals surface area (Å²) in [6, 6.07) is 0.641. The molecule has 1 aromatic rings. The molecule has 0 radical (unpaired) electrons. The third kappa shape index (κ3) is 4.25. The molecule has 15 heavy (non-hydrogen) atoms. The predicted octanol–water partition coefficient (Wildman–Crippen LogP) is 4.08. The molecule has 1 N–H and O–H groups in total. The fourth-order valence-electron chi connectivity index (χ4n) is 1.73. The van der Waals surface area contributed by atoms with Gasteiger partial charge in [-0.3, -0.25) is 0 Å². The number of hydrogen-bond acceptors (Lipinski definition) is 2. The zero-order chi connectivity index (χ0) is 11.3. The minimum absolute atomic E-state index is 0.641. The molecule has 0 fully saturated rings. The van der Waals surface area contributed by atoms with E-state index in [9.17, 15) is 0 Å². The molecular weight excluding hydrogens is 270 g/mol. The lowest BCUT2D eigenvalue weighted by atomic mass is 9.97. The van der Waals surface area contributed by atoms with E-state index in [1.165, 1.54) is 22.9 Å². The molecule has 0 amide bonds. The van der Waals surface area contributed by atoms with E-state index in [1.807, 2.05) is 0 Å². The number of thiophene rings is 1. The van der Waals surface area contributed by atoms with E-state index in [0.29, 0.717) is 12.0 Å². The van der Waals surface area contributed by atoms with E-state index in [0.717, 1.165) is 6.54 Å². The van der Waals surface area contributed by atoms with Crippen LogP contribution >= 0.6 is 27.3 Å². The van der Waals surface area contributed by atoms with E-state index >= 15 is 0 Å². The van der Waals surface area contributed by atoms with Gasteiger partial charge in [0.05, 0.1) is 0 Å². The summed E-state index contributed by atoms with van der Waals surface area (Å²) < 4.78 is 1.27. The predicted molar refractivity (Wildman–Crippen MR) is 72.6 cm³/mol. The van der Waals surface area contributed by atoms with Crippen LogP contribution in [0.5, 0.6) is 0 Å². The van der Waals surface area contributed by atoms with Crippen LogP contribution in [0.2, 0.25) is 0 Å². The van der Waals surface area contributed by atoms with Crippen LogP contribution in [0.3, 0.4) is 0 Å². The zero-order valence-electron chi connectivity index (χ0n) is 9.72. The van der Waals surface area contributed by atoms with Crippen LogP contribution in [0, 0.1) is 5.92 Å². The van der Waals surface area contributed by atoms with E-state index in [2.05, 4.69) is 52.8 Å². The highest BCUT2D eigenvalue weighted by atomic mass is 79.9. The highest BCUT2D eigenvalue weighted by molar-refractivity contribution is 9.10. The Kier molecular flexibility index (Phi) is 5.87. The molecule has 0 saturated heterocycles. The lowest BCUT2D eigenvalue weighted by molar-refractivity contribution is 0.385. The van der Waals surface area contributed by atoms with Crippen LogP contribution < -0.4 is 5.32 Å². The molecule has 1 aromatic heterocycles. The van der Waals surface area contributed by atoms with Crippen molar-refractivity contribution < 1.29 is 0 Å². The molecular formula is C12H20BrNS. The first-order valence-corrected chi connectivity index (χ1v) is 7.32. The van der Waals surface area contributed by atoms with Crippen LogP contribution in [0.25, 0.3) is 0 Å². The highest BCUT2D eigenvalue weighted by Gasteiger charge is 2.12. The summed E-state index contributed by atoms with van der Waals surface area (Å²) in [6.07, 6.45) is 2.39. The second-order valence-corrected chi connectivity index (χ2v) is 5.79. The van der Waals surface area contributed by atoms with Gasteiger partial charge in [0.15, 0.2) is 0 Å². The highest BCUT2D eigenvalue weighted by Crippen LogP contribution is 2.23. The SMILES string of the molecule is CCNC(CCc1cscc1Br)C(C)C. The summed E-state index contributed by atoms with van der Waals surface area (Å²) in [5, 5.41) is 7.96. The smallest absolute Gasteiger partial charge is 0.0314 e. The fraction of sp³-hybridized carbons (Fsp3) is 0.667. The van der Waals surface area contributed by atoms with E-state index in [1.54, 1.807) is 11.3 Å². The Labute approximate surface area is 105 Å². The number of halogens is 1. The number of rotatable bonds is 6. The molecule has 1 nitrogen and oxygen atoms in total. The second kappa shape index (κ2) is 6.66. The second-order valence-electron chi connectivity index (χ2n) is 4.19. The minimum Gasteiger partial charge on any atom is -0.314 e. The van der Waals surface area contributed by atoms with Crippen molar-refractivity contribution in [3.63, 3.8) is 0 Å². The Balaban J connectivity index is 2.43. The largest absolute Gasteiger partial charge is 0.314 e. The van der Waals surface area contributed by atoms with Crippen molar-refractivity contribution in [2.75, 3.05) is 6.54 Å². The lowest BCUT2D eigenvalue weighted by Crippen LogP contribution is -2.34. The monoisotopic (exact) mass is 289 g/mol. The third-order valence-electron chi connectivity index (χ3n) is 2.68. The number of hydrogen-bond donors (Lipinski definition) is 1. The first-order valence-electron chi connectivity index (χ1n) is 5.59. The molecule has 86 valence electrons. The molecule has 0 aliphatic rings. The van der Waals surface area contributed by atoms with Crippen molar-refractivity contribution in [1.29, 1.82) is 0 Å². The molecule has 0 bridgehead atoms. The van der Waals surface area contributed by atoms with Gasteiger partial charge >= 0.3 is 0 Å². The van der Waals surface area contributed by atoms with Crippen molar-refractivity contribution in [2.45, 2.75) is 39.7 Å². The molecule has 0 aliphatic carbocycles. The van der Waals surface area contributed by atoms with Gasteiger partial charge < -0.3 is 5.32 Å². The van der Waals surface area contributed by atoms with Crippen LogP contribution in [0.15, 0.2) is 15.2 Å². The summed E-state index contributed by atoms with van der Waals surface area (Å²) in [7, 11) is 0. The van der Waals surface area contributed by atoms with E-state index < -0.39 is 0 Å². The number of nitrogens with one attached hydrogen (secondary N) is 1. The minimum atomic E-state index is 0.641. The molecule has 0 aliphatic heterocycles. The molecule has 1 unspecified atom stereocenters. The molecule has 3 heteroatoms. The van der Waals surface area contributed by atoms with Crippen molar-refractivity contribution in [3.8, 4) is 0 Å². The number of aryl methyl sites for hydroxylation is 1. The Morgan fingerprint density at radius 3 is 2.60 bits per heavy atom. The van der Waals surface area contributed by atoms with E-state index in [4.69, 9.17) is 0 Å². The first-order chi connectivity index (χ1) is 7.15. The first kappa shape index (κ1) is 13.2.